The molecule has 40 heavy (non-hydrogen) atoms. The normalized spacial score (nSPS) is 20.7. The Morgan fingerprint density at radius 1 is 1.05 bits per heavy atom. The average Bonchev–Trinajstić information content (AvgIpc) is 3.28. The number of hydrogen-bond donors (Lipinski definition) is 3. The lowest BCUT2D eigenvalue weighted by Crippen LogP contribution is -2.57. The molecule has 0 unspecified atom stereocenters. The highest BCUT2D eigenvalue weighted by atomic mass is 16.6. The fraction of sp³-hybridized carbons (Fsp3) is 0.552. The van der Waals surface area contributed by atoms with Crippen LogP contribution in [-0.2, 0) is 25.5 Å². The van der Waals surface area contributed by atoms with Crippen molar-refractivity contribution in [2.24, 2.45) is 5.92 Å². The summed E-state index contributed by atoms with van der Waals surface area (Å²) in [6, 6.07) is 5.93. The summed E-state index contributed by atoms with van der Waals surface area (Å²) in [6.07, 6.45) is 4.97. The molecule has 11 heteroatoms. The van der Waals surface area contributed by atoms with Gasteiger partial charge >= 0.3 is 0 Å². The minimum atomic E-state index is -1.00. The smallest absolute Gasteiger partial charge is 0.290 e. The van der Waals surface area contributed by atoms with E-state index in [0.717, 1.165) is 31.2 Å². The maximum atomic E-state index is 13.7. The van der Waals surface area contributed by atoms with E-state index >= 15 is 0 Å². The van der Waals surface area contributed by atoms with E-state index in [1.54, 1.807) is 33.1 Å². The molecule has 1 aromatic heterocycles. The monoisotopic (exact) mass is 554 g/mol. The van der Waals surface area contributed by atoms with Crippen LogP contribution < -0.4 is 20.7 Å². The number of carbonyl (C=O) groups excluding carboxylic acids is 4. The Morgan fingerprint density at radius 2 is 1.70 bits per heavy atom. The number of rotatable bonds is 13. The Labute approximate surface area is 233 Å². The number of benzene rings is 1. The molecule has 0 spiro atoms. The van der Waals surface area contributed by atoms with Gasteiger partial charge in [0.1, 0.15) is 23.4 Å². The summed E-state index contributed by atoms with van der Waals surface area (Å²) < 4.78 is 15.6. The Morgan fingerprint density at radius 3 is 2.27 bits per heavy atom. The van der Waals surface area contributed by atoms with Crippen LogP contribution in [0.5, 0.6) is 5.75 Å². The fourth-order valence-electron chi connectivity index (χ4n) is 5.01. The lowest BCUT2D eigenvalue weighted by atomic mass is 9.90. The number of amides is 3. The van der Waals surface area contributed by atoms with Gasteiger partial charge in [-0.15, -0.1) is 0 Å². The van der Waals surface area contributed by atoms with Gasteiger partial charge in [-0.25, -0.2) is 0 Å². The summed E-state index contributed by atoms with van der Waals surface area (Å²) in [7, 11) is 1.56. The summed E-state index contributed by atoms with van der Waals surface area (Å²) in [6.45, 7) is 5.26. The maximum absolute atomic E-state index is 13.7. The second-order valence-electron chi connectivity index (χ2n) is 11.0. The van der Waals surface area contributed by atoms with E-state index in [0.29, 0.717) is 30.4 Å². The van der Waals surface area contributed by atoms with Crippen molar-refractivity contribution in [3.8, 4) is 5.75 Å². The predicted octanol–water partition coefficient (Wildman–Crippen LogP) is 2.26. The van der Waals surface area contributed by atoms with Crippen LogP contribution in [0.2, 0.25) is 0 Å². The summed E-state index contributed by atoms with van der Waals surface area (Å²) >= 11 is 0. The lowest BCUT2D eigenvalue weighted by molar-refractivity contribution is -0.133. The number of Topliss-reactive ketones (excluding diaryl/α,β-unsaturated/α-hetero) is 1. The Bertz CT molecular complexity index is 1220. The number of nitrogens with one attached hydrogen (secondary N) is 3. The zero-order valence-corrected chi connectivity index (χ0v) is 23.5. The number of ketones is 1. The number of epoxide rings is 1. The van der Waals surface area contributed by atoms with Crippen LogP contribution in [0.25, 0.3) is 0 Å². The van der Waals surface area contributed by atoms with E-state index in [9.17, 15) is 19.2 Å². The second kappa shape index (κ2) is 12.6. The van der Waals surface area contributed by atoms with E-state index in [4.69, 9.17) is 14.0 Å². The van der Waals surface area contributed by atoms with Crippen LogP contribution in [0.3, 0.4) is 0 Å². The van der Waals surface area contributed by atoms with Crippen LogP contribution in [0.1, 0.15) is 67.8 Å². The van der Waals surface area contributed by atoms with Gasteiger partial charge in [-0.1, -0.05) is 43.0 Å². The number of ether oxygens (including phenoxy) is 2. The number of nitrogens with zero attached hydrogens (tertiary/aromatic N) is 1. The first kappa shape index (κ1) is 29.3. The van der Waals surface area contributed by atoms with Crippen LogP contribution in [-0.4, -0.2) is 66.1 Å². The quantitative estimate of drug-likeness (QED) is 0.319. The molecule has 1 aliphatic heterocycles. The number of aromatic nitrogens is 1. The van der Waals surface area contributed by atoms with Crippen LogP contribution in [0, 0.1) is 12.8 Å². The molecule has 2 heterocycles. The van der Waals surface area contributed by atoms with Crippen molar-refractivity contribution < 1.29 is 33.2 Å². The number of methoxy groups -OCH3 is 1. The largest absolute Gasteiger partial charge is 0.497 e. The Kier molecular flexibility index (Phi) is 9.24. The molecule has 4 rings (SSSR count). The van der Waals surface area contributed by atoms with Gasteiger partial charge in [0.25, 0.3) is 5.91 Å². The van der Waals surface area contributed by atoms with Crippen molar-refractivity contribution >= 4 is 23.5 Å². The van der Waals surface area contributed by atoms with Gasteiger partial charge in [-0.05, 0) is 50.8 Å². The van der Waals surface area contributed by atoms with E-state index in [-0.39, 0.29) is 18.0 Å². The Hall–Kier alpha value is -3.73. The fourth-order valence-corrected chi connectivity index (χ4v) is 5.01. The van der Waals surface area contributed by atoms with Crippen LogP contribution in [0.15, 0.2) is 34.9 Å². The van der Waals surface area contributed by atoms with Gasteiger partial charge in [0, 0.05) is 12.5 Å². The zero-order chi connectivity index (χ0) is 28.9. The van der Waals surface area contributed by atoms with Crippen molar-refractivity contribution in [3.63, 3.8) is 0 Å². The number of carbonyl (C=O) groups is 4. The summed E-state index contributed by atoms with van der Waals surface area (Å²) in [4.78, 5) is 52.5. The molecule has 0 bridgehead atoms. The average molecular weight is 555 g/mol. The third-order valence-electron chi connectivity index (χ3n) is 7.60. The third kappa shape index (κ3) is 7.47. The number of hydrogen-bond acceptors (Lipinski definition) is 8. The number of aryl methyl sites for hydroxylation is 1. The van der Waals surface area contributed by atoms with Crippen molar-refractivity contribution in [1.29, 1.82) is 0 Å². The maximum Gasteiger partial charge on any atom is 0.290 e. The van der Waals surface area contributed by atoms with Crippen molar-refractivity contribution in [2.45, 2.75) is 83.0 Å². The van der Waals surface area contributed by atoms with Gasteiger partial charge in [-0.2, -0.15) is 0 Å². The van der Waals surface area contributed by atoms with E-state index in [1.165, 1.54) is 13.0 Å². The van der Waals surface area contributed by atoms with Crippen molar-refractivity contribution in [1.82, 2.24) is 21.1 Å². The molecule has 216 valence electrons. The van der Waals surface area contributed by atoms with Gasteiger partial charge in [0.15, 0.2) is 5.78 Å². The highest BCUT2D eigenvalue weighted by Crippen LogP contribution is 2.33. The Balaban J connectivity index is 1.48. The molecule has 1 aromatic carbocycles. The molecule has 0 radical (unpaired) electrons. The summed E-state index contributed by atoms with van der Waals surface area (Å²) in [5.74, 6) is -0.796. The molecule has 1 saturated heterocycles. The minimum Gasteiger partial charge on any atom is -0.497 e. The third-order valence-corrected chi connectivity index (χ3v) is 7.60. The van der Waals surface area contributed by atoms with E-state index < -0.39 is 41.4 Å². The molecule has 3 N–H and O–H groups in total. The molecule has 1 aliphatic carbocycles. The predicted molar refractivity (Wildman–Crippen MR) is 145 cm³/mol. The lowest BCUT2D eigenvalue weighted by Gasteiger charge is -2.26. The first-order chi connectivity index (χ1) is 19.1. The molecule has 11 nitrogen and oxygen atoms in total. The SMILES string of the molecule is COc1ccc(C[C@H](NC(=O)[C@@H](C)NC(=O)c2cc(C)no2)C(=O)N[C@@H](CC2CCCC2)C(=O)[C@]2(C)CO2)cc1. The molecule has 2 fully saturated rings. The van der Waals surface area contributed by atoms with Crippen LogP contribution in [0.4, 0.5) is 0 Å². The molecular weight excluding hydrogens is 516 g/mol. The highest BCUT2D eigenvalue weighted by molar-refractivity contribution is 5.99. The topological polar surface area (TPSA) is 152 Å². The van der Waals surface area contributed by atoms with Crippen molar-refractivity contribution in [3.05, 3.63) is 47.3 Å². The van der Waals surface area contributed by atoms with Gasteiger partial charge < -0.3 is 29.9 Å². The van der Waals surface area contributed by atoms with Gasteiger partial charge in [-0.3, -0.25) is 19.2 Å². The standard InChI is InChI=1S/C29H38N4O7/c1-17-13-24(40-33-17)28(37)30-18(2)26(35)32-23(15-20-9-11-21(38-4)12-10-20)27(36)31-22(14-19-7-5-6-8-19)25(34)29(3)16-39-29/h9-13,18-19,22-23H,5-8,14-16H2,1-4H3,(H,30,37)(H,31,36)(H,32,35)/t18-,22+,23+,29+/m1/s1. The molecule has 2 aliphatic rings. The molecule has 3 amide bonds. The van der Waals surface area contributed by atoms with E-state index in [1.807, 2.05) is 12.1 Å². The van der Waals surface area contributed by atoms with Gasteiger partial charge in [0.2, 0.25) is 17.6 Å². The van der Waals surface area contributed by atoms with Gasteiger partial charge in [0.05, 0.1) is 25.5 Å². The summed E-state index contributed by atoms with van der Waals surface area (Å²) in [5, 5.41) is 11.9. The molecule has 1 saturated carbocycles. The minimum absolute atomic E-state index is 0.0197. The van der Waals surface area contributed by atoms with Crippen molar-refractivity contribution in [2.75, 3.05) is 13.7 Å². The van der Waals surface area contributed by atoms with E-state index in [2.05, 4.69) is 21.1 Å². The highest BCUT2D eigenvalue weighted by Gasteiger charge is 2.50. The molecule has 2 aromatic rings. The second-order valence-corrected chi connectivity index (χ2v) is 11.0. The van der Waals surface area contributed by atoms with Crippen LogP contribution >= 0.6 is 0 Å². The first-order valence-electron chi connectivity index (χ1n) is 13.7. The molecule has 4 atom stereocenters. The zero-order valence-electron chi connectivity index (χ0n) is 23.5. The summed E-state index contributed by atoms with van der Waals surface area (Å²) in [5.41, 5.74) is 0.431. The first-order valence-corrected chi connectivity index (χ1v) is 13.7. The molecular formula is C29H38N4O7.